The van der Waals surface area contributed by atoms with Gasteiger partial charge in [-0.2, -0.15) is 0 Å². The maximum atomic E-state index is 8.61. The third-order valence-corrected chi connectivity index (χ3v) is 2.01. The van der Waals surface area contributed by atoms with Crippen molar-refractivity contribution in [3.8, 4) is 0 Å². The van der Waals surface area contributed by atoms with Crippen LogP contribution in [0.15, 0.2) is 18.3 Å². The topological polar surface area (TPSA) is 48.0 Å². The van der Waals surface area contributed by atoms with Crippen LogP contribution in [0.25, 0.3) is 0 Å². The van der Waals surface area contributed by atoms with Gasteiger partial charge in [0.2, 0.25) is 0 Å². The molecule has 3 N–H and O–H groups in total. The number of aromatic amines is 1. The fourth-order valence-electron chi connectivity index (χ4n) is 1.21. The second-order valence-corrected chi connectivity index (χ2v) is 3.55. The predicted molar refractivity (Wildman–Crippen MR) is 48.9 cm³/mol. The van der Waals surface area contributed by atoms with Gasteiger partial charge in [0, 0.05) is 23.9 Å². The lowest BCUT2D eigenvalue weighted by atomic mass is 9.89. The Hall–Kier alpha value is -0.800. The summed E-state index contributed by atoms with van der Waals surface area (Å²) < 4.78 is 0. The van der Waals surface area contributed by atoms with Crippen LogP contribution in [0.3, 0.4) is 0 Å². The quantitative estimate of drug-likeness (QED) is 0.583. The highest BCUT2D eigenvalue weighted by Crippen LogP contribution is 2.19. The summed E-state index contributed by atoms with van der Waals surface area (Å²) in [5.41, 5.74) is 1.23. The zero-order chi connectivity index (χ0) is 9.03. The van der Waals surface area contributed by atoms with Crippen molar-refractivity contribution in [3.63, 3.8) is 0 Å². The Morgan fingerprint density at radius 3 is 2.83 bits per heavy atom. The highest BCUT2D eigenvalue weighted by Gasteiger charge is 2.20. The summed E-state index contributed by atoms with van der Waals surface area (Å²) in [4.78, 5) is 3.16. The summed E-state index contributed by atoms with van der Waals surface area (Å²) in [5, 5.41) is 11.5. The molecule has 0 fully saturated rings. The second-order valence-electron chi connectivity index (χ2n) is 3.55. The lowest BCUT2D eigenvalue weighted by Crippen LogP contribution is -2.33. The second kappa shape index (κ2) is 3.74. The van der Waals surface area contributed by atoms with E-state index in [9.17, 15) is 0 Å². The van der Waals surface area contributed by atoms with Gasteiger partial charge in [-0.25, -0.2) is 0 Å². The number of hydrogen-bond donors (Lipinski definition) is 3. The SMILES string of the molecule is CC(C)(CNCO)c1ccc[nH]1. The van der Waals surface area contributed by atoms with Crippen LogP contribution in [0, 0.1) is 0 Å². The molecule has 3 heteroatoms. The Bertz CT molecular complexity index is 216. The molecule has 1 heterocycles. The highest BCUT2D eigenvalue weighted by molar-refractivity contribution is 5.15. The van der Waals surface area contributed by atoms with E-state index >= 15 is 0 Å². The first-order chi connectivity index (χ1) is 5.67. The van der Waals surface area contributed by atoms with Gasteiger partial charge < -0.3 is 10.1 Å². The van der Waals surface area contributed by atoms with Gasteiger partial charge in [-0.3, -0.25) is 5.32 Å². The van der Waals surface area contributed by atoms with Crippen LogP contribution in [0.5, 0.6) is 0 Å². The molecule has 0 bridgehead atoms. The molecular formula is C9H16N2O. The molecule has 0 saturated carbocycles. The first-order valence-electron chi connectivity index (χ1n) is 4.12. The van der Waals surface area contributed by atoms with Crippen molar-refractivity contribution in [2.45, 2.75) is 19.3 Å². The molecule has 0 saturated heterocycles. The Morgan fingerprint density at radius 1 is 1.58 bits per heavy atom. The van der Waals surface area contributed by atoms with Crippen LogP contribution in [0.2, 0.25) is 0 Å². The predicted octanol–water partition coefficient (Wildman–Crippen LogP) is 0.832. The minimum absolute atomic E-state index is 0.0319. The smallest absolute Gasteiger partial charge is 0.0931 e. The number of H-pyrrole nitrogens is 1. The van der Waals surface area contributed by atoms with Crippen molar-refractivity contribution in [2.75, 3.05) is 13.3 Å². The largest absolute Gasteiger partial charge is 0.381 e. The van der Waals surface area contributed by atoms with Crippen LogP contribution in [0.1, 0.15) is 19.5 Å². The van der Waals surface area contributed by atoms with E-state index in [0.717, 1.165) is 6.54 Å². The first-order valence-corrected chi connectivity index (χ1v) is 4.12. The molecule has 1 rings (SSSR count). The van der Waals surface area contributed by atoms with Crippen LogP contribution in [0.4, 0.5) is 0 Å². The van der Waals surface area contributed by atoms with Crippen molar-refractivity contribution in [1.29, 1.82) is 0 Å². The molecule has 0 aliphatic carbocycles. The highest BCUT2D eigenvalue weighted by atomic mass is 16.3. The van der Waals surface area contributed by atoms with Crippen molar-refractivity contribution in [2.24, 2.45) is 0 Å². The number of aliphatic hydroxyl groups excluding tert-OH is 1. The van der Waals surface area contributed by atoms with Gasteiger partial charge in [-0.05, 0) is 12.1 Å². The summed E-state index contributed by atoms with van der Waals surface area (Å²) >= 11 is 0. The lowest BCUT2D eigenvalue weighted by molar-refractivity contribution is 0.247. The fourth-order valence-corrected chi connectivity index (χ4v) is 1.21. The molecule has 1 aromatic rings. The molecule has 0 spiro atoms. The van der Waals surface area contributed by atoms with Gasteiger partial charge in [0.1, 0.15) is 0 Å². The summed E-state index contributed by atoms with van der Waals surface area (Å²) in [6.07, 6.45) is 1.91. The van der Waals surface area contributed by atoms with E-state index in [1.54, 1.807) is 0 Å². The fraction of sp³-hybridized carbons (Fsp3) is 0.556. The van der Waals surface area contributed by atoms with E-state index in [1.807, 2.05) is 12.3 Å². The van der Waals surface area contributed by atoms with E-state index < -0.39 is 0 Å². The third kappa shape index (κ3) is 2.09. The van der Waals surface area contributed by atoms with Crippen LogP contribution in [-0.4, -0.2) is 23.4 Å². The first kappa shape index (κ1) is 9.29. The van der Waals surface area contributed by atoms with Crippen molar-refractivity contribution in [1.82, 2.24) is 10.3 Å². The Morgan fingerprint density at radius 2 is 2.33 bits per heavy atom. The van der Waals surface area contributed by atoms with Gasteiger partial charge in [0.25, 0.3) is 0 Å². The van der Waals surface area contributed by atoms with Crippen molar-refractivity contribution in [3.05, 3.63) is 24.0 Å². The molecule has 0 aliphatic heterocycles. The third-order valence-electron chi connectivity index (χ3n) is 2.01. The van der Waals surface area contributed by atoms with Gasteiger partial charge >= 0.3 is 0 Å². The number of hydrogen-bond acceptors (Lipinski definition) is 2. The average Bonchev–Trinajstić information content (AvgIpc) is 2.53. The van der Waals surface area contributed by atoms with Gasteiger partial charge in [-0.15, -0.1) is 0 Å². The summed E-state index contributed by atoms with van der Waals surface area (Å²) in [6.45, 7) is 5.05. The number of nitrogens with one attached hydrogen (secondary N) is 2. The number of aliphatic hydroxyl groups is 1. The number of aromatic nitrogens is 1. The molecule has 0 aromatic carbocycles. The molecule has 3 nitrogen and oxygen atoms in total. The summed E-state index contributed by atoms with van der Waals surface area (Å²) in [6, 6.07) is 4.04. The van der Waals surface area contributed by atoms with Gasteiger partial charge in [0.15, 0.2) is 0 Å². The number of rotatable bonds is 4. The monoisotopic (exact) mass is 168 g/mol. The standard InChI is InChI=1S/C9H16N2O/c1-9(2,6-10-7-12)8-4-3-5-11-8/h3-5,10-12H,6-7H2,1-2H3. The Labute approximate surface area is 72.8 Å². The zero-order valence-corrected chi connectivity index (χ0v) is 7.59. The molecule has 0 aliphatic rings. The minimum atomic E-state index is 0.0319. The zero-order valence-electron chi connectivity index (χ0n) is 7.59. The maximum Gasteiger partial charge on any atom is 0.0931 e. The van der Waals surface area contributed by atoms with Crippen LogP contribution >= 0.6 is 0 Å². The van der Waals surface area contributed by atoms with Crippen molar-refractivity contribution < 1.29 is 5.11 Å². The van der Waals surface area contributed by atoms with E-state index in [0.29, 0.717) is 0 Å². The van der Waals surface area contributed by atoms with Crippen LogP contribution in [-0.2, 0) is 5.41 Å². The molecule has 0 atom stereocenters. The summed E-state index contributed by atoms with van der Waals surface area (Å²) in [7, 11) is 0. The van der Waals surface area contributed by atoms with E-state index in [2.05, 4.69) is 30.2 Å². The molecule has 12 heavy (non-hydrogen) atoms. The molecule has 0 radical (unpaired) electrons. The molecular weight excluding hydrogens is 152 g/mol. The van der Waals surface area contributed by atoms with E-state index in [1.165, 1.54) is 5.69 Å². The Kier molecular flexibility index (Phi) is 2.89. The molecule has 68 valence electrons. The average molecular weight is 168 g/mol. The Balaban J connectivity index is 2.59. The minimum Gasteiger partial charge on any atom is -0.381 e. The van der Waals surface area contributed by atoms with Gasteiger partial charge in [-0.1, -0.05) is 13.8 Å². The van der Waals surface area contributed by atoms with E-state index in [-0.39, 0.29) is 12.1 Å². The summed E-state index contributed by atoms with van der Waals surface area (Å²) in [5.74, 6) is 0. The lowest BCUT2D eigenvalue weighted by Gasteiger charge is -2.23. The molecule has 1 aromatic heterocycles. The van der Waals surface area contributed by atoms with Crippen LogP contribution < -0.4 is 5.32 Å². The van der Waals surface area contributed by atoms with E-state index in [4.69, 9.17) is 5.11 Å². The van der Waals surface area contributed by atoms with Crippen molar-refractivity contribution >= 4 is 0 Å². The van der Waals surface area contributed by atoms with Gasteiger partial charge in [0.05, 0.1) is 6.73 Å². The molecule has 0 unspecified atom stereocenters. The normalized spacial score (nSPS) is 11.9. The molecule has 0 amide bonds. The maximum absolute atomic E-state index is 8.61.